The number of carbonyl (C=O) groups is 2. The first-order valence-electron chi connectivity index (χ1n) is 8.59. The number of aromatic amines is 1. The lowest BCUT2D eigenvalue weighted by Crippen LogP contribution is -2.50. The molecule has 1 aromatic carbocycles. The lowest BCUT2D eigenvalue weighted by molar-refractivity contribution is 0.0636. The number of likely N-dealkylation sites (tertiary alicyclic amines) is 1. The Bertz CT molecular complexity index is 891. The monoisotopic (exact) mass is 340 g/mol. The van der Waals surface area contributed by atoms with Crippen LogP contribution in [0, 0.1) is 0 Å². The topological polar surface area (TPSA) is 85.5 Å². The van der Waals surface area contributed by atoms with E-state index in [9.17, 15) is 14.4 Å². The lowest BCUT2D eigenvalue weighted by Gasteiger charge is -2.37. The number of nitrogens with one attached hydrogen (secondary N) is 2. The molecule has 0 saturated carbocycles. The maximum atomic E-state index is 13.1. The summed E-state index contributed by atoms with van der Waals surface area (Å²) in [6.07, 6.45) is 1.74. The van der Waals surface area contributed by atoms with Crippen LogP contribution in [0.25, 0.3) is 10.9 Å². The number of aromatic nitrogens is 1. The minimum atomic E-state index is -0.283. The third-order valence-electron chi connectivity index (χ3n) is 5.00. The number of rotatable bonds is 2. The van der Waals surface area contributed by atoms with Gasteiger partial charge in [0.15, 0.2) is 0 Å². The van der Waals surface area contributed by atoms with Crippen LogP contribution in [0.4, 0.5) is 4.79 Å². The van der Waals surface area contributed by atoms with Crippen LogP contribution in [0.3, 0.4) is 0 Å². The van der Waals surface area contributed by atoms with Crippen LogP contribution in [0.2, 0.25) is 0 Å². The molecule has 2 N–H and O–H groups in total. The molecule has 130 valence electrons. The number of hydrogen-bond acceptors (Lipinski definition) is 3. The van der Waals surface area contributed by atoms with Gasteiger partial charge in [-0.15, -0.1) is 0 Å². The summed E-state index contributed by atoms with van der Waals surface area (Å²) in [5.41, 5.74) is 0.797. The van der Waals surface area contributed by atoms with E-state index in [0.717, 1.165) is 18.2 Å². The van der Waals surface area contributed by atoms with Crippen molar-refractivity contribution in [2.24, 2.45) is 0 Å². The Morgan fingerprint density at radius 1 is 1.16 bits per heavy atom. The number of fused-ring (bicyclic) bond motifs is 1. The molecule has 7 nitrogen and oxygen atoms in total. The highest BCUT2D eigenvalue weighted by Gasteiger charge is 2.33. The molecule has 0 radical (unpaired) electrons. The number of urea groups is 1. The van der Waals surface area contributed by atoms with Crippen molar-refractivity contribution < 1.29 is 9.59 Å². The number of benzene rings is 1. The molecule has 4 rings (SSSR count). The third kappa shape index (κ3) is 2.86. The molecule has 1 aromatic heterocycles. The molecule has 0 unspecified atom stereocenters. The number of carbonyl (C=O) groups excluding carboxylic acids is 2. The number of nitrogens with zero attached hydrogens (tertiary/aromatic N) is 2. The standard InChI is InChI=1S/C18H20N4O3/c23-16-10-14(13-5-1-2-6-15(13)20-16)17(24)21-8-3-4-12(11-21)22-9-7-19-18(22)25/h1-2,5-6,10,12H,3-4,7-9,11H2,(H,19,25)(H,20,23)/t12-/m1/s1. The van der Waals surface area contributed by atoms with Crippen molar-refractivity contribution in [1.29, 1.82) is 0 Å². The van der Waals surface area contributed by atoms with Crippen LogP contribution in [-0.4, -0.2) is 58.9 Å². The van der Waals surface area contributed by atoms with Crippen LogP contribution in [0.5, 0.6) is 0 Å². The summed E-state index contributed by atoms with van der Waals surface area (Å²) < 4.78 is 0. The average molecular weight is 340 g/mol. The predicted molar refractivity (Wildman–Crippen MR) is 93.6 cm³/mol. The van der Waals surface area contributed by atoms with E-state index < -0.39 is 0 Å². The van der Waals surface area contributed by atoms with Gasteiger partial charge in [0, 0.05) is 43.1 Å². The van der Waals surface area contributed by atoms with Gasteiger partial charge in [0.1, 0.15) is 0 Å². The van der Waals surface area contributed by atoms with Gasteiger partial charge in [-0.3, -0.25) is 9.59 Å². The van der Waals surface area contributed by atoms with E-state index in [-0.39, 0.29) is 23.5 Å². The lowest BCUT2D eigenvalue weighted by atomic mass is 10.0. The van der Waals surface area contributed by atoms with E-state index in [1.54, 1.807) is 11.0 Å². The zero-order valence-corrected chi connectivity index (χ0v) is 13.8. The molecule has 2 fully saturated rings. The van der Waals surface area contributed by atoms with E-state index in [4.69, 9.17) is 0 Å². The van der Waals surface area contributed by atoms with Gasteiger partial charge >= 0.3 is 6.03 Å². The van der Waals surface area contributed by atoms with Gasteiger partial charge in [0.25, 0.3) is 5.91 Å². The molecule has 1 atom stereocenters. The summed E-state index contributed by atoms with van der Waals surface area (Å²) >= 11 is 0. The second-order valence-corrected chi connectivity index (χ2v) is 6.57. The van der Waals surface area contributed by atoms with Crippen LogP contribution >= 0.6 is 0 Å². The summed E-state index contributed by atoms with van der Waals surface area (Å²) in [7, 11) is 0. The fourth-order valence-corrected chi connectivity index (χ4v) is 3.78. The minimum Gasteiger partial charge on any atom is -0.337 e. The zero-order chi connectivity index (χ0) is 17.4. The second kappa shape index (κ2) is 6.23. The number of amides is 3. The third-order valence-corrected chi connectivity index (χ3v) is 5.00. The van der Waals surface area contributed by atoms with Crippen LogP contribution in [0.15, 0.2) is 35.1 Å². The Morgan fingerprint density at radius 2 is 2.00 bits per heavy atom. The summed E-state index contributed by atoms with van der Waals surface area (Å²) in [6, 6.07) is 8.67. The van der Waals surface area contributed by atoms with E-state index in [1.807, 2.05) is 23.1 Å². The highest BCUT2D eigenvalue weighted by molar-refractivity contribution is 6.06. The Labute approximate surface area is 144 Å². The van der Waals surface area contributed by atoms with Crippen molar-refractivity contribution in [1.82, 2.24) is 20.1 Å². The van der Waals surface area contributed by atoms with Crippen LogP contribution in [0.1, 0.15) is 23.2 Å². The molecule has 3 amide bonds. The van der Waals surface area contributed by atoms with Crippen molar-refractivity contribution in [3.63, 3.8) is 0 Å². The van der Waals surface area contributed by atoms with Crippen molar-refractivity contribution in [3.8, 4) is 0 Å². The van der Waals surface area contributed by atoms with Gasteiger partial charge in [-0.1, -0.05) is 18.2 Å². The van der Waals surface area contributed by atoms with E-state index in [1.165, 1.54) is 6.07 Å². The zero-order valence-electron chi connectivity index (χ0n) is 13.8. The Balaban J connectivity index is 1.62. The first-order valence-corrected chi connectivity index (χ1v) is 8.59. The highest BCUT2D eigenvalue weighted by Crippen LogP contribution is 2.22. The molecule has 2 aliphatic heterocycles. The Hall–Kier alpha value is -2.83. The molecule has 2 aliphatic rings. The molecular formula is C18H20N4O3. The summed E-state index contributed by atoms with van der Waals surface area (Å²) in [5, 5.41) is 3.56. The smallest absolute Gasteiger partial charge is 0.317 e. The molecule has 7 heteroatoms. The maximum absolute atomic E-state index is 13.1. The minimum absolute atomic E-state index is 0.0356. The molecular weight excluding hydrogens is 320 g/mol. The number of H-pyrrole nitrogens is 1. The van der Waals surface area contributed by atoms with Crippen LogP contribution in [-0.2, 0) is 0 Å². The summed E-state index contributed by atoms with van der Waals surface area (Å²) in [5.74, 6) is -0.147. The van der Waals surface area contributed by atoms with Crippen LogP contribution < -0.4 is 10.9 Å². The molecule has 2 saturated heterocycles. The van der Waals surface area contributed by atoms with E-state index in [2.05, 4.69) is 10.3 Å². The second-order valence-electron chi connectivity index (χ2n) is 6.57. The Morgan fingerprint density at radius 3 is 2.80 bits per heavy atom. The van der Waals surface area contributed by atoms with Crippen molar-refractivity contribution in [2.45, 2.75) is 18.9 Å². The molecule has 0 aliphatic carbocycles. The van der Waals surface area contributed by atoms with Gasteiger partial charge in [-0.2, -0.15) is 0 Å². The summed E-state index contributed by atoms with van der Waals surface area (Å²) in [6.45, 7) is 2.49. The Kier molecular flexibility index (Phi) is 3.91. The quantitative estimate of drug-likeness (QED) is 0.860. The maximum Gasteiger partial charge on any atom is 0.317 e. The fraction of sp³-hybridized carbons (Fsp3) is 0.389. The van der Waals surface area contributed by atoms with Gasteiger partial charge in [0.2, 0.25) is 5.56 Å². The van der Waals surface area contributed by atoms with Gasteiger partial charge in [0.05, 0.1) is 11.6 Å². The largest absolute Gasteiger partial charge is 0.337 e. The number of pyridine rings is 1. The first kappa shape index (κ1) is 15.7. The molecule has 3 heterocycles. The number of piperidine rings is 1. The number of hydrogen-bond donors (Lipinski definition) is 2. The van der Waals surface area contributed by atoms with E-state index in [0.29, 0.717) is 37.3 Å². The van der Waals surface area contributed by atoms with Crippen molar-refractivity contribution in [3.05, 3.63) is 46.2 Å². The molecule has 0 bridgehead atoms. The van der Waals surface area contributed by atoms with Gasteiger partial charge in [-0.25, -0.2) is 4.79 Å². The first-order chi connectivity index (χ1) is 12.1. The SMILES string of the molecule is O=C(c1cc(=O)[nH]c2ccccc12)N1CCC[C@@H](N2CCNC2=O)C1. The molecule has 25 heavy (non-hydrogen) atoms. The normalized spacial score (nSPS) is 20.8. The molecule has 2 aromatic rings. The van der Waals surface area contributed by atoms with Crippen molar-refractivity contribution >= 4 is 22.8 Å². The molecule has 0 spiro atoms. The van der Waals surface area contributed by atoms with Gasteiger partial charge < -0.3 is 20.1 Å². The fourth-order valence-electron chi connectivity index (χ4n) is 3.78. The predicted octanol–water partition coefficient (Wildman–Crippen LogP) is 1.16. The van der Waals surface area contributed by atoms with Gasteiger partial charge in [-0.05, 0) is 18.9 Å². The average Bonchev–Trinajstić information content (AvgIpc) is 3.06. The van der Waals surface area contributed by atoms with Crippen molar-refractivity contribution in [2.75, 3.05) is 26.2 Å². The number of para-hydroxylation sites is 1. The summed E-state index contributed by atoms with van der Waals surface area (Å²) in [4.78, 5) is 43.2. The van der Waals surface area contributed by atoms with E-state index >= 15 is 0 Å². The highest BCUT2D eigenvalue weighted by atomic mass is 16.2.